The van der Waals surface area contributed by atoms with Gasteiger partial charge in [-0.25, -0.2) is 0 Å². The van der Waals surface area contributed by atoms with Gasteiger partial charge in [0, 0.05) is 17.0 Å². The van der Waals surface area contributed by atoms with Crippen molar-refractivity contribution in [3.05, 3.63) is 42.1 Å². The maximum absolute atomic E-state index is 6.26. The van der Waals surface area contributed by atoms with Crippen molar-refractivity contribution in [1.82, 2.24) is 4.98 Å². The summed E-state index contributed by atoms with van der Waals surface area (Å²) < 4.78 is 0. The lowest BCUT2D eigenvalue weighted by Gasteiger charge is -2.12. The summed E-state index contributed by atoms with van der Waals surface area (Å²) >= 11 is 6.26. The number of aryl methyl sites for hydroxylation is 1. The van der Waals surface area contributed by atoms with E-state index in [2.05, 4.69) is 31.0 Å². The van der Waals surface area contributed by atoms with Crippen molar-refractivity contribution in [2.75, 3.05) is 0 Å². The van der Waals surface area contributed by atoms with Crippen molar-refractivity contribution in [2.24, 2.45) is 5.92 Å². The molecule has 17 heavy (non-hydrogen) atoms. The van der Waals surface area contributed by atoms with Crippen LogP contribution >= 0.6 is 11.6 Å². The van der Waals surface area contributed by atoms with E-state index in [4.69, 9.17) is 11.6 Å². The van der Waals surface area contributed by atoms with Gasteiger partial charge in [-0.15, -0.1) is 11.6 Å². The molecule has 0 aliphatic carbocycles. The summed E-state index contributed by atoms with van der Waals surface area (Å²) in [5, 5.41) is 1.46. The lowest BCUT2D eigenvalue weighted by atomic mass is 10.0. The Hall–Kier alpha value is -1.08. The summed E-state index contributed by atoms with van der Waals surface area (Å²) in [5.41, 5.74) is 2.33. The van der Waals surface area contributed by atoms with Gasteiger partial charge in [-0.2, -0.15) is 0 Å². The topological polar surface area (TPSA) is 12.9 Å². The number of hydrogen-bond acceptors (Lipinski definition) is 1. The zero-order chi connectivity index (χ0) is 12.3. The molecule has 0 saturated carbocycles. The van der Waals surface area contributed by atoms with Crippen LogP contribution in [-0.2, 0) is 6.42 Å². The number of halogens is 1. The molecule has 0 N–H and O–H groups in total. The lowest BCUT2D eigenvalue weighted by molar-refractivity contribution is 0.565. The maximum Gasteiger partial charge on any atom is 0.0702 e. The highest BCUT2D eigenvalue weighted by atomic mass is 35.5. The van der Waals surface area contributed by atoms with Gasteiger partial charge in [0.1, 0.15) is 0 Å². The van der Waals surface area contributed by atoms with Gasteiger partial charge in [0.2, 0.25) is 0 Å². The van der Waals surface area contributed by atoms with E-state index in [1.807, 2.05) is 24.4 Å². The molecular weight excluding hydrogens is 230 g/mol. The molecule has 0 spiro atoms. The summed E-state index contributed by atoms with van der Waals surface area (Å²) in [5.74, 6) is 0.532. The first-order chi connectivity index (χ1) is 8.16. The smallest absolute Gasteiger partial charge is 0.0702 e. The third kappa shape index (κ3) is 3.19. The predicted molar refractivity (Wildman–Crippen MR) is 74.5 cm³/mol. The molecule has 2 heteroatoms. The molecule has 1 atom stereocenters. The molecule has 0 radical (unpaired) electrons. The Bertz CT molecular complexity index is 493. The van der Waals surface area contributed by atoms with Crippen LogP contribution < -0.4 is 0 Å². The first kappa shape index (κ1) is 12.4. The Morgan fingerprint density at radius 2 is 2.00 bits per heavy atom. The third-order valence-corrected chi connectivity index (χ3v) is 3.80. The number of fused-ring (bicyclic) bond motifs is 1. The molecular formula is C15H18ClN. The van der Waals surface area contributed by atoms with Crippen LogP contribution in [0.3, 0.4) is 0 Å². The summed E-state index contributed by atoms with van der Waals surface area (Å²) in [6.07, 6.45) is 3.98. The molecule has 90 valence electrons. The third-order valence-electron chi connectivity index (χ3n) is 3.08. The Morgan fingerprint density at radius 3 is 2.76 bits per heavy atom. The number of aromatic nitrogens is 1. The molecule has 0 aliphatic heterocycles. The van der Waals surface area contributed by atoms with Crippen molar-refractivity contribution >= 4 is 22.5 Å². The molecule has 1 unspecified atom stereocenters. The van der Waals surface area contributed by atoms with E-state index in [0.29, 0.717) is 5.92 Å². The van der Waals surface area contributed by atoms with Crippen LogP contribution in [0.4, 0.5) is 0 Å². The van der Waals surface area contributed by atoms with Gasteiger partial charge in [0.25, 0.3) is 0 Å². The molecule has 0 amide bonds. The fourth-order valence-corrected chi connectivity index (χ4v) is 2.00. The average molecular weight is 248 g/mol. The normalized spacial score (nSPS) is 13.2. The van der Waals surface area contributed by atoms with Gasteiger partial charge in [0.05, 0.1) is 5.52 Å². The zero-order valence-electron chi connectivity index (χ0n) is 10.4. The largest absolute Gasteiger partial charge is 0.256 e. The molecule has 1 aromatic carbocycles. The van der Waals surface area contributed by atoms with Gasteiger partial charge in [-0.05, 0) is 36.5 Å². The standard InChI is InChI=1S/C15H18ClN/c1-11(2)14(16)8-7-12-9-13-5-3-4-6-15(13)17-10-12/h3-6,9-11,14H,7-8H2,1-2H3. The summed E-state index contributed by atoms with van der Waals surface area (Å²) in [6, 6.07) is 10.4. The second-order valence-corrected chi connectivity index (χ2v) is 5.40. The first-order valence-corrected chi connectivity index (χ1v) is 6.58. The minimum Gasteiger partial charge on any atom is -0.256 e. The second-order valence-electron chi connectivity index (χ2n) is 4.83. The zero-order valence-corrected chi connectivity index (χ0v) is 11.1. The molecule has 0 saturated heterocycles. The SMILES string of the molecule is CC(C)C(Cl)CCc1cnc2ccccc2c1. The molecule has 1 heterocycles. The Labute approximate surface area is 108 Å². The van der Waals surface area contributed by atoms with Gasteiger partial charge < -0.3 is 0 Å². The van der Waals surface area contributed by atoms with Crippen LogP contribution in [0.1, 0.15) is 25.8 Å². The van der Waals surface area contributed by atoms with Gasteiger partial charge >= 0.3 is 0 Å². The summed E-state index contributed by atoms with van der Waals surface area (Å²) in [7, 11) is 0. The Morgan fingerprint density at radius 1 is 1.24 bits per heavy atom. The van der Waals surface area contributed by atoms with Crippen molar-refractivity contribution < 1.29 is 0 Å². The fraction of sp³-hybridized carbons (Fsp3) is 0.400. The van der Waals surface area contributed by atoms with Crippen LogP contribution in [0.5, 0.6) is 0 Å². The Kier molecular flexibility index (Phi) is 4.01. The van der Waals surface area contributed by atoms with Crippen LogP contribution in [0.25, 0.3) is 10.9 Å². The quantitative estimate of drug-likeness (QED) is 0.729. The lowest BCUT2D eigenvalue weighted by Crippen LogP contribution is -2.08. The molecule has 2 aromatic rings. The van der Waals surface area contributed by atoms with Crippen molar-refractivity contribution in [2.45, 2.75) is 32.1 Å². The van der Waals surface area contributed by atoms with Crippen molar-refractivity contribution in [3.8, 4) is 0 Å². The van der Waals surface area contributed by atoms with E-state index in [0.717, 1.165) is 18.4 Å². The monoisotopic (exact) mass is 247 g/mol. The maximum atomic E-state index is 6.26. The minimum absolute atomic E-state index is 0.251. The van der Waals surface area contributed by atoms with Crippen molar-refractivity contribution in [3.63, 3.8) is 0 Å². The highest BCUT2D eigenvalue weighted by molar-refractivity contribution is 6.20. The van der Waals surface area contributed by atoms with Crippen LogP contribution in [0.15, 0.2) is 36.5 Å². The predicted octanol–water partition coefficient (Wildman–Crippen LogP) is 4.43. The molecule has 0 bridgehead atoms. The fourth-order valence-electron chi connectivity index (χ4n) is 1.89. The number of benzene rings is 1. The van der Waals surface area contributed by atoms with Crippen LogP contribution in [0.2, 0.25) is 0 Å². The van der Waals surface area contributed by atoms with Crippen LogP contribution in [0, 0.1) is 5.92 Å². The van der Waals surface area contributed by atoms with Crippen molar-refractivity contribution in [1.29, 1.82) is 0 Å². The van der Waals surface area contributed by atoms with Gasteiger partial charge in [-0.1, -0.05) is 32.0 Å². The second kappa shape index (κ2) is 5.50. The molecule has 2 rings (SSSR count). The number of pyridine rings is 1. The molecule has 0 aliphatic rings. The molecule has 1 nitrogen and oxygen atoms in total. The van der Waals surface area contributed by atoms with Crippen LogP contribution in [-0.4, -0.2) is 10.4 Å². The van der Waals surface area contributed by atoms with E-state index in [1.165, 1.54) is 10.9 Å². The van der Waals surface area contributed by atoms with E-state index in [9.17, 15) is 0 Å². The number of alkyl halides is 1. The number of rotatable bonds is 4. The highest BCUT2D eigenvalue weighted by Crippen LogP contribution is 2.18. The molecule has 0 fully saturated rings. The molecule has 1 aromatic heterocycles. The first-order valence-electron chi connectivity index (χ1n) is 6.14. The highest BCUT2D eigenvalue weighted by Gasteiger charge is 2.09. The van der Waals surface area contributed by atoms with Gasteiger partial charge in [0.15, 0.2) is 0 Å². The number of hydrogen-bond donors (Lipinski definition) is 0. The van der Waals surface area contributed by atoms with E-state index in [1.54, 1.807) is 0 Å². The van der Waals surface area contributed by atoms with Gasteiger partial charge in [-0.3, -0.25) is 4.98 Å². The van der Waals surface area contributed by atoms with E-state index < -0.39 is 0 Å². The minimum atomic E-state index is 0.251. The van der Waals surface area contributed by atoms with E-state index >= 15 is 0 Å². The number of para-hydroxylation sites is 1. The summed E-state index contributed by atoms with van der Waals surface area (Å²) in [6.45, 7) is 4.33. The van der Waals surface area contributed by atoms with E-state index in [-0.39, 0.29) is 5.38 Å². The Balaban J connectivity index is 2.09. The summed E-state index contributed by atoms with van der Waals surface area (Å²) in [4.78, 5) is 4.46. The number of nitrogens with zero attached hydrogens (tertiary/aromatic N) is 1. The average Bonchev–Trinajstić information content (AvgIpc) is 2.35.